The van der Waals surface area contributed by atoms with Crippen LogP contribution in [0.25, 0.3) is 0 Å². The van der Waals surface area contributed by atoms with Crippen LogP contribution < -0.4 is 10.5 Å². The summed E-state index contributed by atoms with van der Waals surface area (Å²) in [5, 5.41) is 7.42. The zero-order chi connectivity index (χ0) is 32.4. The highest BCUT2D eigenvalue weighted by Crippen LogP contribution is 2.21. The number of aliphatic carboxylic acids is 1. The van der Waals surface area contributed by atoms with Crippen molar-refractivity contribution in [2.24, 2.45) is 10.7 Å². The summed E-state index contributed by atoms with van der Waals surface area (Å²) in [6.45, 7) is 12.4. The van der Waals surface area contributed by atoms with Crippen LogP contribution in [0.2, 0.25) is 0 Å². The molecule has 0 unspecified atom stereocenters. The van der Waals surface area contributed by atoms with Gasteiger partial charge >= 0.3 is 6.61 Å². The first-order chi connectivity index (χ1) is 19.3. The molecule has 0 bridgehead atoms. The monoisotopic (exact) mass is 585 g/mol. The van der Waals surface area contributed by atoms with Gasteiger partial charge in [-0.2, -0.15) is 8.78 Å². The number of benzene rings is 1. The van der Waals surface area contributed by atoms with Gasteiger partial charge in [-0.05, 0) is 70.5 Å². The van der Waals surface area contributed by atoms with Gasteiger partial charge in [0.05, 0.1) is 6.67 Å². The molecule has 1 rings (SSSR count). The second-order valence-electron chi connectivity index (χ2n) is 8.13. The maximum absolute atomic E-state index is 12.3. The first-order valence-electron chi connectivity index (χ1n) is 13.2. The van der Waals surface area contributed by atoms with E-state index in [1.54, 1.807) is 6.08 Å². The minimum Gasteiger partial charge on any atom is -0.481 e. The number of carboxylic acid groups (broad SMARTS) is 1. The molecule has 0 aromatic heterocycles. The van der Waals surface area contributed by atoms with E-state index in [0.717, 1.165) is 12.5 Å². The number of ether oxygens (including phenoxy) is 1. The second kappa shape index (κ2) is 25.3. The summed E-state index contributed by atoms with van der Waals surface area (Å²) in [6, 6.07) is 5.79. The predicted molar refractivity (Wildman–Crippen MR) is 159 cm³/mol. The number of halogens is 3. The third-order valence-corrected chi connectivity index (χ3v) is 4.66. The number of nitrogens with zero attached hydrogens (tertiary/aromatic N) is 2. The summed E-state index contributed by atoms with van der Waals surface area (Å²) in [6.07, 6.45) is 9.95. The second-order valence-corrected chi connectivity index (χ2v) is 8.13. The molecule has 0 spiro atoms. The molecule has 0 aliphatic rings. The van der Waals surface area contributed by atoms with Gasteiger partial charge in [0.2, 0.25) is 5.91 Å². The van der Waals surface area contributed by atoms with E-state index in [4.69, 9.17) is 15.6 Å². The first-order valence-corrected chi connectivity index (χ1v) is 13.2. The number of carbonyl (C=O) groups excluding carboxylic acids is 2. The van der Waals surface area contributed by atoms with Crippen molar-refractivity contribution in [3.05, 3.63) is 65.8 Å². The molecule has 232 valence electrons. The molecule has 41 heavy (non-hydrogen) atoms. The lowest BCUT2D eigenvalue weighted by molar-refractivity contribution is -0.134. The fourth-order valence-electron chi connectivity index (χ4n) is 3.12. The molecule has 1 aromatic carbocycles. The number of aliphatic imine (C=N–C) groups is 1. The Labute approximate surface area is 242 Å². The average Bonchev–Trinajstić information content (AvgIpc) is 2.89. The van der Waals surface area contributed by atoms with Gasteiger partial charge in [-0.1, -0.05) is 45.1 Å². The number of alkyl halides is 3. The molecular formula is C30H46F3N3O5. The van der Waals surface area contributed by atoms with Gasteiger partial charge in [0.25, 0.3) is 5.97 Å². The highest BCUT2D eigenvalue weighted by molar-refractivity contribution is 6.36. The Bertz CT molecular complexity index is 986. The lowest BCUT2D eigenvalue weighted by Crippen LogP contribution is -2.43. The number of rotatable bonds is 13. The van der Waals surface area contributed by atoms with Crippen LogP contribution in [0, 0.1) is 0 Å². The Morgan fingerprint density at radius 1 is 1.15 bits per heavy atom. The fraction of sp³-hybridized carbons (Fsp3) is 0.467. The number of primary amides is 1. The smallest absolute Gasteiger partial charge is 0.387 e. The van der Waals surface area contributed by atoms with E-state index in [0.29, 0.717) is 31.4 Å². The van der Waals surface area contributed by atoms with Gasteiger partial charge in [-0.3, -0.25) is 28.7 Å². The summed E-state index contributed by atoms with van der Waals surface area (Å²) in [7, 11) is 0. The molecule has 11 heteroatoms. The summed E-state index contributed by atoms with van der Waals surface area (Å²) in [4.78, 5) is 38.4. The SMILES string of the molecule is CC.CC(=O)O.CCF.C\C=C/C(=C\C=C\C(N)=O)CCN(CC)C(C)(C)/N=C(\C=O)c1ccc(OC(F)F)cc1. The lowest BCUT2D eigenvalue weighted by Gasteiger charge is -2.35. The van der Waals surface area contributed by atoms with Crippen LogP contribution in [-0.4, -0.2) is 65.9 Å². The Morgan fingerprint density at radius 2 is 1.66 bits per heavy atom. The first kappa shape index (κ1) is 41.7. The molecule has 0 radical (unpaired) electrons. The van der Waals surface area contributed by atoms with E-state index in [1.165, 1.54) is 37.3 Å². The molecule has 1 aromatic rings. The van der Waals surface area contributed by atoms with E-state index in [1.807, 2.05) is 59.8 Å². The van der Waals surface area contributed by atoms with Gasteiger partial charge < -0.3 is 15.6 Å². The number of hydrogen-bond donors (Lipinski definition) is 2. The van der Waals surface area contributed by atoms with Crippen molar-refractivity contribution in [3.63, 3.8) is 0 Å². The number of hydrogen-bond acceptors (Lipinski definition) is 6. The quantitative estimate of drug-likeness (QED) is 0.120. The van der Waals surface area contributed by atoms with Crippen LogP contribution in [0.5, 0.6) is 5.75 Å². The molecular weight excluding hydrogens is 539 g/mol. The minimum absolute atomic E-state index is 0.0112. The van der Waals surface area contributed by atoms with Gasteiger partial charge in [-0.15, -0.1) is 0 Å². The van der Waals surface area contributed by atoms with E-state index >= 15 is 0 Å². The highest BCUT2D eigenvalue weighted by atomic mass is 19.3. The molecule has 8 nitrogen and oxygen atoms in total. The average molecular weight is 586 g/mol. The van der Waals surface area contributed by atoms with Crippen molar-refractivity contribution in [2.45, 2.75) is 74.1 Å². The van der Waals surface area contributed by atoms with Crippen LogP contribution >= 0.6 is 0 Å². The highest BCUT2D eigenvalue weighted by Gasteiger charge is 2.25. The zero-order valence-electron chi connectivity index (χ0n) is 25.4. The van der Waals surface area contributed by atoms with Crippen molar-refractivity contribution in [1.82, 2.24) is 4.90 Å². The molecule has 0 fully saturated rings. The number of nitrogens with two attached hydrogens (primary N) is 1. The maximum Gasteiger partial charge on any atom is 0.387 e. The summed E-state index contributed by atoms with van der Waals surface area (Å²) in [5.41, 5.74) is 6.16. The third-order valence-electron chi connectivity index (χ3n) is 4.66. The molecule has 1 amide bonds. The van der Waals surface area contributed by atoms with Crippen LogP contribution in [0.4, 0.5) is 13.2 Å². The van der Waals surface area contributed by atoms with Crippen LogP contribution in [0.15, 0.2) is 65.2 Å². The Morgan fingerprint density at radius 3 is 2.05 bits per heavy atom. The fourth-order valence-corrected chi connectivity index (χ4v) is 3.12. The number of allylic oxidation sites excluding steroid dienone is 4. The minimum atomic E-state index is -2.91. The molecule has 0 saturated heterocycles. The van der Waals surface area contributed by atoms with E-state index in [2.05, 4.69) is 14.6 Å². The molecule has 3 N–H and O–H groups in total. The van der Waals surface area contributed by atoms with Crippen molar-refractivity contribution in [1.29, 1.82) is 0 Å². The summed E-state index contributed by atoms with van der Waals surface area (Å²) < 4.78 is 39.3. The number of carboxylic acids is 1. The van der Waals surface area contributed by atoms with Crippen molar-refractivity contribution < 1.29 is 37.4 Å². The third kappa shape index (κ3) is 22.8. The molecule has 0 heterocycles. The van der Waals surface area contributed by atoms with Gasteiger partial charge in [-0.25, -0.2) is 0 Å². The summed E-state index contributed by atoms with van der Waals surface area (Å²) >= 11 is 0. The number of amides is 1. The van der Waals surface area contributed by atoms with E-state index < -0.39 is 24.2 Å². The Balaban J connectivity index is -0.00000141. The number of aldehydes is 1. The molecule has 0 aliphatic carbocycles. The van der Waals surface area contributed by atoms with Crippen molar-refractivity contribution in [2.75, 3.05) is 19.8 Å². The van der Waals surface area contributed by atoms with Crippen LogP contribution in [0.1, 0.15) is 67.4 Å². The lowest BCUT2D eigenvalue weighted by atomic mass is 10.1. The van der Waals surface area contributed by atoms with Crippen molar-refractivity contribution in [3.8, 4) is 5.75 Å². The molecule has 0 atom stereocenters. The van der Waals surface area contributed by atoms with Crippen molar-refractivity contribution >= 4 is 23.9 Å². The Hall–Kier alpha value is -3.73. The largest absolute Gasteiger partial charge is 0.481 e. The normalized spacial score (nSPS) is 11.7. The van der Waals surface area contributed by atoms with E-state index in [-0.39, 0.29) is 18.1 Å². The predicted octanol–water partition coefficient (Wildman–Crippen LogP) is 6.36. The van der Waals surface area contributed by atoms with E-state index in [9.17, 15) is 22.8 Å². The standard InChI is InChI=1S/C24H31F2N3O3.C2H5F.C2H4O2.C2H6/c1-5-8-18(9-7-10-22(27)31)15-16-29(6-2)24(3,4)28-21(17-30)19-11-13-20(14-12-19)32-23(25)26;1-2-3;1-2(3)4;1-2/h5,7-14,17,23H,6,15-16H2,1-4H3,(H2,27,31);2H2,1H3;1H3,(H,3,4);1-2H3/b8-5-,10-7+,18-9+,28-21+;;;. The Kier molecular flexibility index (Phi) is 25.7. The summed E-state index contributed by atoms with van der Waals surface area (Å²) in [5.74, 6) is -1.33. The topological polar surface area (TPSA) is 122 Å². The maximum atomic E-state index is 12.3. The molecule has 0 aliphatic heterocycles. The van der Waals surface area contributed by atoms with Gasteiger partial charge in [0, 0.05) is 25.1 Å². The zero-order valence-corrected chi connectivity index (χ0v) is 25.4. The van der Waals surface area contributed by atoms with Crippen LogP contribution in [-0.2, 0) is 14.4 Å². The molecule has 0 saturated carbocycles. The van der Waals surface area contributed by atoms with Crippen LogP contribution in [0.3, 0.4) is 0 Å². The number of carbonyl (C=O) groups is 3. The van der Waals surface area contributed by atoms with Gasteiger partial charge in [0.15, 0.2) is 6.29 Å². The van der Waals surface area contributed by atoms with Gasteiger partial charge in [0.1, 0.15) is 17.1 Å².